The SMILES string of the molecule is CCn1nc(C)c(Br)c1COCCOCCOCCOC. The molecule has 0 aromatic carbocycles. The second kappa shape index (κ2) is 11.1. The summed E-state index contributed by atoms with van der Waals surface area (Å²) in [7, 11) is 1.65. The van der Waals surface area contributed by atoms with Crippen LogP contribution < -0.4 is 0 Å². The first-order valence-corrected chi connectivity index (χ1v) is 7.94. The number of methoxy groups -OCH3 is 1. The van der Waals surface area contributed by atoms with Crippen LogP contribution in [0.2, 0.25) is 0 Å². The van der Waals surface area contributed by atoms with Crippen molar-refractivity contribution in [3.05, 3.63) is 15.9 Å². The molecule has 1 aromatic heterocycles. The van der Waals surface area contributed by atoms with Gasteiger partial charge in [-0.15, -0.1) is 0 Å². The highest BCUT2D eigenvalue weighted by Gasteiger charge is 2.11. The van der Waals surface area contributed by atoms with Gasteiger partial charge in [0.15, 0.2) is 0 Å². The first-order valence-electron chi connectivity index (χ1n) is 7.14. The molecule has 0 saturated heterocycles. The number of halogens is 1. The van der Waals surface area contributed by atoms with Crippen LogP contribution in [0.15, 0.2) is 4.47 Å². The van der Waals surface area contributed by atoms with E-state index >= 15 is 0 Å². The van der Waals surface area contributed by atoms with Gasteiger partial charge in [0.2, 0.25) is 0 Å². The molecule has 7 heteroatoms. The van der Waals surface area contributed by atoms with E-state index in [4.69, 9.17) is 18.9 Å². The Morgan fingerprint density at radius 3 is 2.14 bits per heavy atom. The molecule has 1 aromatic rings. The molecule has 0 N–H and O–H groups in total. The first kappa shape index (κ1) is 18.6. The molecule has 0 saturated carbocycles. The third-order valence-electron chi connectivity index (χ3n) is 2.87. The van der Waals surface area contributed by atoms with Crippen molar-refractivity contribution in [3.63, 3.8) is 0 Å². The van der Waals surface area contributed by atoms with E-state index < -0.39 is 0 Å². The van der Waals surface area contributed by atoms with Gasteiger partial charge < -0.3 is 18.9 Å². The molecule has 0 fully saturated rings. The van der Waals surface area contributed by atoms with Crippen molar-refractivity contribution in [2.75, 3.05) is 46.8 Å². The van der Waals surface area contributed by atoms with Gasteiger partial charge in [-0.3, -0.25) is 4.68 Å². The van der Waals surface area contributed by atoms with Gasteiger partial charge in [0.05, 0.1) is 62.1 Å². The van der Waals surface area contributed by atoms with Crippen molar-refractivity contribution in [2.24, 2.45) is 0 Å². The number of aryl methyl sites for hydroxylation is 2. The zero-order chi connectivity index (χ0) is 15.5. The minimum atomic E-state index is 0.531. The average molecular weight is 365 g/mol. The minimum Gasteiger partial charge on any atom is -0.382 e. The Labute approximate surface area is 134 Å². The molecule has 6 nitrogen and oxygen atoms in total. The van der Waals surface area contributed by atoms with Gasteiger partial charge in [0.25, 0.3) is 0 Å². The maximum absolute atomic E-state index is 5.62. The van der Waals surface area contributed by atoms with Crippen LogP contribution in [0.5, 0.6) is 0 Å². The van der Waals surface area contributed by atoms with Crippen LogP contribution in [-0.4, -0.2) is 56.5 Å². The average Bonchev–Trinajstić information content (AvgIpc) is 2.76. The van der Waals surface area contributed by atoms with E-state index in [9.17, 15) is 0 Å². The second-order valence-corrected chi connectivity index (χ2v) is 5.22. The summed E-state index contributed by atoms with van der Waals surface area (Å²) in [6.07, 6.45) is 0. The Bertz CT molecular complexity index is 399. The van der Waals surface area contributed by atoms with E-state index in [0.717, 1.165) is 22.4 Å². The molecule has 0 bridgehead atoms. The smallest absolute Gasteiger partial charge is 0.0897 e. The first-order chi connectivity index (χ1) is 10.2. The summed E-state index contributed by atoms with van der Waals surface area (Å²) in [5, 5.41) is 4.42. The summed E-state index contributed by atoms with van der Waals surface area (Å²) in [6, 6.07) is 0. The lowest BCUT2D eigenvalue weighted by Crippen LogP contribution is -2.12. The molecule has 0 amide bonds. The molecule has 0 radical (unpaired) electrons. The highest BCUT2D eigenvalue weighted by molar-refractivity contribution is 9.10. The molecule has 0 aliphatic heterocycles. The predicted molar refractivity (Wildman–Crippen MR) is 83.5 cm³/mol. The van der Waals surface area contributed by atoms with E-state index in [2.05, 4.69) is 28.0 Å². The summed E-state index contributed by atoms with van der Waals surface area (Å²) >= 11 is 3.54. The number of ether oxygens (including phenoxy) is 4. The van der Waals surface area contributed by atoms with Gasteiger partial charge in [0, 0.05) is 13.7 Å². The van der Waals surface area contributed by atoms with Crippen LogP contribution >= 0.6 is 15.9 Å². The summed E-state index contributed by atoms with van der Waals surface area (Å²) in [5.41, 5.74) is 2.05. The summed E-state index contributed by atoms with van der Waals surface area (Å²) < 4.78 is 24.2. The molecule has 122 valence electrons. The van der Waals surface area contributed by atoms with E-state index in [1.165, 1.54) is 0 Å². The topological polar surface area (TPSA) is 54.7 Å². The molecule has 0 unspecified atom stereocenters. The molecule has 0 atom stereocenters. The molecule has 21 heavy (non-hydrogen) atoms. The fourth-order valence-corrected chi connectivity index (χ4v) is 2.16. The van der Waals surface area contributed by atoms with Crippen molar-refractivity contribution in [2.45, 2.75) is 27.0 Å². The molecule has 1 heterocycles. The third kappa shape index (κ3) is 6.88. The predicted octanol–water partition coefficient (Wildman–Crippen LogP) is 2.17. The van der Waals surface area contributed by atoms with Gasteiger partial charge in [-0.2, -0.15) is 5.10 Å². The minimum absolute atomic E-state index is 0.531. The summed E-state index contributed by atoms with van der Waals surface area (Å²) in [5.74, 6) is 0. The lowest BCUT2D eigenvalue weighted by molar-refractivity contribution is -0.0000316. The highest BCUT2D eigenvalue weighted by Crippen LogP contribution is 2.21. The van der Waals surface area contributed by atoms with Crippen LogP contribution in [0.1, 0.15) is 18.3 Å². The largest absolute Gasteiger partial charge is 0.382 e. The van der Waals surface area contributed by atoms with Crippen molar-refractivity contribution in [3.8, 4) is 0 Å². The summed E-state index contributed by atoms with van der Waals surface area (Å²) in [4.78, 5) is 0. The lowest BCUT2D eigenvalue weighted by Gasteiger charge is -2.08. The number of rotatable bonds is 12. The summed E-state index contributed by atoms with van der Waals surface area (Å²) in [6.45, 7) is 8.89. The quantitative estimate of drug-likeness (QED) is 0.532. The van der Waals surface area contributed by atoms with E-state index in [1.54, 1.807) is 7.11 Å². The molecular weight excluding hydrogens is 340 g/mol. The van der Waals surface area contributed by atoms with Gasteiger partial charge in [-0.1, -0.05) is 0 Å². The van der Waals surface area contributed by atoms with Crippen LogP contribution in [0, 0.1) is 6.92 Å². The number of hydrogen-bond donors (Lipinski definition) is 0. The third-order valence-corrected chi connectivity index (χ3v) is 3.90. The van der Waals surface area contributed by atoms with Crippen LogP contribution in [0.25, 0.3) is 0 Å². The van der Waals surface area contributed by atoms with Crippen molar-refractivity contribution >= 4 is 15.9 Å². The zero-order valence-electron chi connectivity index (χ0n) is 13.1. The molecule has 1 rings (SSSR count). The standard InChI is InChI=1S/C14H25BrN2O4/c1-4-17-13(14(15)12(2)16-17)11-21-10-9-20-8-7-19-6-5-18-3/h4-11H2,1-3H3. The molecule has 0 aliphatic rings. The highest BCUT2D eigenvalue weighted by atomic mass is 79.9. The van der Waals surface area contributed by atoms with Crippen molar-refractivity contribution in [1.82, 2.24) is 9.78 Å². The van der Waals surface area contributed by atoms with Gasteiger partial charge in [-0.25, -0.2) is 0 Å². The monoisotopic (exact) mass is 364 g/mol. The Morgan fingerprint density at radius 1 is 1.00 bits per heavy atom. The molecular formula is C14H25BrN2O4. The Balaban J connectivity index is 2.07. The Kier molecular flexibility index (Phi) is 9.86. The van der Waals surface area contributed by atoms with E-state index in [-0.39, 0.29) is 0 Å². The van der Waals surface area contributed by atoms with Crippen LogP contribution in [-0.2, 0) is 32.1 Å². The Hall–Kier alpha value is -0.470. The van der Waals surface area contributed by atoms with Crippen LogP contribution in [0.4, 0.5) is 0 Å². The number of aromatic nitrogens is 2. The van der Waals surface area contributed by atoms with Crippen molar-refractivity contribution in [1.29, 1.82) is 0 Å². The van der Waals surface area contributed by atoms with Crippen molar-refractivity contribution < 1.29 is 18.9 Å². The van der Waals surface area contributed by atoms with Crippen LogP contribution in [0.3, 0.4) is 0 Å². The fraction of sp³-hybridized carbons (Fsp3) is 0.786. The van der Waals surface area contributed by atoms with Gasteiger partial charge in [0.1, 0.15) is 0 Å². The van der Waals surface area contributed by atoms with Gasteiger partial charge >= 0.3 is 0 Å². The number of hydrogen-bond acceptors (Lipinski definition) is 5. The second-order valence-electron chi connectivity index (χ2n) is 4.43. The maximum Gasteiger partial charge on any atom is 0.0897 e. The zero-order valence-corrected chi connectivity index (χ0v) is 14.6. The Morgan fingerprint density at radius 2 is 1.57 bits per heavy atom. The maximum atomic E-state index is 5.62. The molecule has 0 aliphatic carbocycles. The molecule has 0 spiro atoms. The van der Waals surface area contributed by atoms with Gasteiger partial charge in [-0.05, 0) is 29.8 Å². The fourth-order valence-electron chi connectivity index (χ4n) is 1.76. The van der Waals surface area contributed by atoms with E-state index in [0.29, 0.717) is 46.2 Å². The number of nitrogens with zero attached hydrogens (tertiary/aromatic N) is 2. The lowest BCUT2D eigenvalue weighted by atomic mass is 10.4. The van der Waals surface area contributed by atoms with E-state index in [1.807, 2.05) is 11.6 Å². The normalized spacial score (nSPS) is 11.2.